The molecule has 1 amide bonds. The number of nitrogens with zero attached hydrogens (tertiary/aromatic N) is 1. The standard InChI is InChI=1S/C18H28N2O/c1-4-5-6-8-11-14(2)20-15(3)19-17(18(20)21)16-12-9-7-10-13-16/h7,9-10,12-15,17,19H,4-6,8,11H2,1-3H3. The maximum atomic E-state index is 12.7. The topological polar surface area (TPSA) is 32.3 Å². The molecule has 1 N–H and O–H groups in total. The first kappa shape index (κ1) is 16.0. The summed E-state index contributed by atoms with van der Waals surface area (Å²) in [6.45, 7) is 6.49. The molecule has 0 spiro atoms. The Morgan fingerprint density at radius 3 is 2.57 bits per heavy atom. The molecule has 1 saturated heterocycles. The monoisotopic (exact) mass is 288 g/mol. The lowest BCUT2D eigenvalue weighted by molar-refractivity contribution is -0.132. The molecular formula is C18H28N2O. The van der Waals surface area contributed by atoms with Crippen molar-refractivity contribution in [2.45, 2.75) is 71.1 Å². The molecular weight excluding hydrogens is 260 g/mol. The van der Waals surface area contributed by atoms with Crippen LogP contribution in [0.25, 0.3) is 0 Å². The van der Waals surface area contributed by atoms with Gasteiger partial charge in [-0.2, -0.15) is 0 Å². The number of benzene rings is 1. The molecule has 1 heterocycles. The molecule has 2 rings (SSSR count). The van der Waals surface area contributed by atoms with Crippen molar-refractivity contribution in [3.05, 3.63) is 35.9 Å². The van der Waals surface area contributed by atoms with Crippen LogP contribution in [0.3, 0.4) is 0 Å². The van der Waals surface area contributed by atoms with Crippen LogP contribution in [0, 0.1) is 0 Å². The molecule has 0 aromatic heterocycles. The summed E-state index contributed by atoms with van der Waals surface area (Å²) in [4.78, 5) is 14.7. The van der Waals surface area contributed by atoms with Crippen LogP contribution < -0.4 is 5.32 Å². The van der Waals surface area contributed by atoms with Crippen molar-refractivity contribution >= 4 is 5.91 Å². The maximum absolute atomic E-state index is 12.7. The summed E-state index contributed by atoms with van der Waals surface area (Å²) < 4.78 is 0. The lowest BCUT2D eigenvalue weighted by Crippen LogP contribution is -2.41. The van der Waals surface area contributed by atoms with Gasteiger partial charge in [0.15, 0.2) is 0 Å². The van der Waals surface area contributed by atoms with Crippen molar-refractivity contribution in [3.63, 3.8) is 0 Å². The summed E-state index contributed by atoms with van der Waals surface area (Å²) in [5, 5.41) is 3.43. The summed E-state index contributed by atoms with van der Waals surface area (Å²) in [6, 6.07) is 10.2. The van der Waals surface area contributed by atoms with Crippen LogP contribution in [-0.2, 0) is 4.79 Å². The van der Waals surface area contributed by atoms with Crippen LogP contribution >= 0.6 is 0 Å². The predicted octanol–water partition coefficient (Wildman–Crippen LogP) is 3.86. The molecule has 3 nitrogen and oxygen atoms in total. The Bertz CT molecular complexity index is 446. The first-order chi connectivity index (χ1) is 10.1. The van der Waals surface area contributed by atoms with E-state index in [4.69, 9.17) is 0 Å². The smallest absolute Gasteiger partial charge is 0.245 e. The third-order valence-corrected chi connectivity index (χ3v) is 4.41. The second-order valence-corrected chi connectivity index (χ2v) is 6.13. The van der Waals surface area contributed by atoms with E-state index in [-0.39, 0.29) is 18.1 Å². The van der Waals surface area contributed by atoms with Gasteiger partial charge in [0, 0.05) is 6.04 Å². The normalized spacial score (nSPS) is 23.6. The fourth-order valence-electron chi connectivity index (χ4n) is 3.22. The summed E-state index contributed by atoms with van der Waals surface area (Å²) in [7, 11) is 0. The minimum absolute atomic E-state index is 0.115. The highest BCUT2D eigenvalue weighted by molar-refractivity contribution is 5.85. The largest absolute Gasteiger partial charge is 0.323 e. The molecule has 1 aromatic rings. The fraction of sp³-hybridized carbons (Fsp3) is 0.611. The van der Waals surface area contributed by atoms with E-state index in [1.807, 2.05) is 35.2 Å². The Kier molecular flexibility index (Phi) is 5.80. The van der Waals surface area contributed by atoms with Gasteiger partial charge in [-0.1, -0.05) is 62.9 Å². The minimum Gasteiger partial charge on any atom is -0.323 e. The number of carbonyl (C=O) groups is 1. The van der Waals surface area contributed by atoms with E-state index in [9.17, 15) is 4.79 Å². The van der Waals surface area contributed by atoms with E-state index in [1.54, 1.807) is 0 Å². The molecule has 0 aliphatic carbocycles. The quantitative estimate of drug-likeness (QED) is 0.773. The van der Waals surface area contributed by atoms with E-state index in [0.29, 0.717) is 6.04 Å². The summed E-state index contributed by atoms with van der Waals surface area (Å²) in [5.41, 5.74) is 1.06. The molecule has 21 heavy (non-hydrogen) atoms. The van der Waals surface area contributed by atoms with Crippen LogP contribution in [0.15, 0.2) is 30.3 Å². The van der Waals surface area contributed by atoms with Gasteiger partial charge in [0.25, 0.3) is 0 Å². The number of unbranched alkanes of at least 4 members (excludes halogenated alkanes) is 3. The third kappa shape index (κ3) is 3.85. The van der Waals surface area contributed by atoms with Gasteiger partial charge in [0.1, 0.15) is 6.04 Å². The molecule has 3 atom stereocenters. The van der Waals surface area contributed by atoms with E-state index in [2.05, 4.69) is 26.1 Å². The Labute approximate surface area is 128 Å². The molecule has 116 valence electrons. The molecule has 0 saturated carbocycles. The number of nitrogens with one attached hydrogen (secondary N) is 1. The number of carbonyl (C=O) groups excluding carboxylic acids is 1. The van der Waals surface area contributed by atoms with Crippen molar-refractivity contribution in [2.75, 3.05) is 0 Å². The lowest BCUT2D eigenvalue weighted by Gasteiger charge is -2.28. The number of rotatable bonds is 7. The van der Waals surface area contributed by atoms with Gasteiger partial charge < -0.3 is 4.90 Å². The first-order valence-corrected chi connectivity index (χ1v) is 8.28. The average Bonchev–Trinajstić information content (AvgIpc) is 2.79. The van der Waals surface area contributed by atoms with Gasteiger partial charge in [-0.25, -0.2) is 0 Å². The van der Waals surface area contributed by atoms with E-state index in [1.165, 1.54) is 25.7 Å². The van der Waals surface area contributed by atoms with Crippen molar-refractivity contribution < 1.29 is 4.79 Å². The lowest BCUT2D eigenvalue weighted by atomic mass is 10.0. The molecule has 0 bridgehead atoms. The van der Waals surface area contributed by atoms with Crippen LogP contribution in [0.5, 0.6) is 0 Å². The van der Waals surface area contributed by atoms with Crippen molar-refractivity contribution in [3.8, 4) is 0 Å². The van der Waals surface area contributed by atoms with Crippen molar-refractivity contribution in [1.82, 2.24) is 10.2 Å². The Balaban J connectivity index is 1.96. The number of hydrogen-bond donors (Lipinski definition) is 1. The Morgan fingerprint density at radius 2 is 1.90 bits per heavy atom. The predicted molar refractivity (Wildman–Crippen MR) is 86.8 cm³/mol. The zero-order valence-corrected chi connectivity index (χ0v) is 13.5. The van der Waals surface area contributed by atoms with Crippen molar-refractivity contribution in [2.24, 2.45) is 0 Å². The van der Waals surface area contributed by atoms with Gasteiger partial charge in [-0.05, 0) is 25.8 Å². The molecule has 0 radical (unpaired) electrons. The summed E-state index contributed by atoms with van der Waals surface area (Å²) in [6.07, 6.45) is 6.24. The zero-order valence-electron chi connectivity index (χ0n) is 13.5. The maximum Gasteiger partial charge on any atom is 0.245 e. The third-order valence-electron chi connectivity index (χ3n) is 4.41. The molecule has 3 heteroatoms. The van der Waals surface area contributed by atoms with E-state index >= 15 is 0 Å². The Morgan fingerprint density at radius 1 is 1.19 bits per heavy atom. The Hall–Kier alpha value is -1.35. The van der Waals surface area contributed by atoms with E-state index < -0.39 is 0 Å². The first-order valence-electron chi connectivity index (χ1n) is 8.28. The van der Waals surface area contributed by atoms with Crippen LogP contribution in [0.1, 0.15) is 64.5 Å². The van der Waals surface area contributed by atoms with Crippen LogP contribution in [-0.4, -0.2) is 23.0 Å². The van der Waals surface area contributed by atoms with Crippen LogP contribution in [0.4, 0.5) is 0 Å². The highest BCUT2D eigenvalue weighted by atomic mass is 16.2. The molecule has 1 aliphatic rings. The minimum atomic E-state index is -0.181. The fourth-order valence-corrected chi connectivity index (χ4v) is 3.22. The van der Waals surface area contributed by atoms with Gasteiger partial charge in [0.05, 0.1) is 6.17 Å². The molecule has 1 aromatic carbocycles. The zero-order chi connectivity index (χ0) is 15.2. The summed E-state index contributed by atoms with van der Waals surface area (Å²) in [5.74, 6) is 0.219. The molecule has 3 unspecified atom stereocenters. The average molecular weight is 288 g/mol. The highest BCUT2D eigenvalue weighted by Gasteiger charge is 2.39. The second-order valence-electron chi connectivity index (χ2n) is 6.13. The second kappa shape index (κ2) is 7.60. The van der Waals surface area contributed by atoms with Gasteiger partial charge in [0.2, 0.25) is 5.91 Å². The van der Waals surface area contributed by atoms with Gasteiger partial charge in [-0.15, -0.1) is 0 Å². The van der Waals surface area contributed by atoms with Crippen LogP contribution in [0.2, 0.25) is 0 Å². The summed E-state index contributed by atoms with van der Waals surface area (Å²) >= 11 is 0. The van der Waals surface area contributed by atoms with Gasteiger partial charge >= 0.3 is 0 Å². The van der Waals surface area contributed by atoms with Crippen molar-refractivity contribution in [1.29, 1.82) is 0 Å². The number of amides is 1. The highest BCUT2D eigenvalue weighted by Crippen LogP contribution is 2.27. The number of hydrogen-bond acceptors (Lipinski definition) is 2. The van der Waals surface area contributed by atoms with E-state index in [0.717, 1.165) is 12.0 Å². The SMILES string of the molecule is CCCCCCC(C)N1C(=O)C(c2ccccc2)NC1C. The van der Waals surface area contributed by atoms with Gasteiger partial charge in [-0.3, -0.25) is 10.1 Å². The molecule has 1 fully saturated rings. The molecule has 1 aliphatic heterocycles.